The highest BCUT2D eigenvalue weighted by Crippen LogP contribution is 2.32. The average Bonchev–Trinajstić information content (AvgIpc) is 3.38. The van der Waals surface area contributed by atoms with Crippen molar-refractivity contribution in [3.8, 4) is 0 Å². The minimum Gasteiger partial charge on any atom is -0.382 e. The van der Waals surface area contributed by atoms with E-state index in [0.29, 0.717) is 45.2 Å². The lowest BCUT2D eigenvalue weighted by molar-refractivity contribution is -0.137. The first-order valence-corrected chi connectivity index (χ1v) is 12.8. The van der Waals surface area contributed by atoms with Gasteiger partial charge in [-0.25, -0.2) is 4.98 Å². The van der Waals surface area contributed by atoms with E-state index >= 15 is 0 Å². The van der Waals surface area contributed by atoms with Crippen LogP contribution >= 0.6 is 11.3 Å². The second-order valence-corrected chi connectivity index (χ2v) is 9.46. The number of carbonyl (C=O) groups excluding carboxylic acids is 2. The highest BCUT2D eigenvalue weighted by molar-refractivity contribution is 7.10. The zero-order valence-corrected chi connectivity index (χ0v) is 20.6. The summed E-state index contributed by atoms with van der Waals surface area (Å²) in [7, 11) is 1.63. The number of benzene rings is 1. The van der Waals surface area contributed by atoms with E-state index in [4.69, 9.17) is 19.2 Å². The molecule has 0 spiro atoms. The molecule has 34 heavy (non-hydrogen) atoms. The maximum atomic E-state index is 13.2. The number of amides is 2. The molecule has 1 aromatic heterocycles. The molecule has 9 heteroatoms. The normalized spacial score (nSPS) is 16.5. The third-order valence-electron chi connectivity index (χ3n) is 6.32. The number of fused-ring (bicyclic) bond motifs is 1. The van der Waals surface area contributed by atoms with Gasteiger partial charge in [0.1, 0.15) is 12.3 Å². The number of hydrogen-bond donors (Lipinski definition) is 0. The predicted molar refractivity (Wildman–Crippen MR) is 131 cm³/mol. The van der Waals surface area contributed by atoms with Gasteiger partial charge in [-0.2, -0.15) is 0 Å². The van der Waals surface area contributed by atoms with Gasteiger partial charge in [0.15, 0.2) is 0 Å². The van der Waals surface area contributed by atoms with Crippen LogP contribution in [0, 0.1) is 0 Å². The van der Waals surface area contributed by atoms with Gasteiger partial charge >= 0.3 is 0 Å². The molecular weight excluding hydrogens is 454 g/mol. The smallest absolute Gasteiger partial charge is 0.277 e. The number of aromatic nitrogens is 1. The number of hydrogen-bond acceptors (Lipinski definition) is 7. The Morgan fingerprint density at radius 3 is 2.65 bits per heavy atom. The van der Waals surface area contributed by atoms with Gasteiger partial charge in [0.2, 0.25) is 5.91 Å². The monoisotopic (exact) mass is 487 g/mol. The van der Waals surface area contributed by atoms with E-state index in [0.717, 1.165) is 42.9 Å². The molecule has 0 saturated carbocycles. The molecule has 0 unspecified atom stereocenters. The fraction of sp³-hybridized carbons (Fsp3) is 0.560. The van der Waals surface area contributed by atoms with Crippen molar-refractivity contribution in [2.45, 2.75) is 31.6 Å². The Bertz CT molecular complexity index is 958. The molecule has 0 atom stereocenters. The van der Waals surface area contributed by atoms with Gasteiger partial charge in [-0.3, -0.25) is 9.59 Å². The summed E-state index contributed by atoms with van der Waals surface area (Å²) < 4.78 is 15.7. The van der Waals surface area contributed by atoms with E-state index in [1.165, 1.54) is 5.56 Å². The molecule has 1 saturated heterocycles. The molecule has 2 aromatic rings. The molecule has 184 valence electrons. The fourth-order valence-electron chi connectivity index (χ4n) is 4.44. The lowest BCUT2D eigenvalue weighted by atomic mass is 9.97. The predicted octanol–water partition coefficient (Wildman–Crippen LogP) is 3.12. The summed E-state index contributed by atoms with van der Waals surface area (Å²) in [6.45, 7) is 4.08. The number of piperidine rings is 1. The summed E-state index contributed by atoms with van der Waals surface area (Å²) in [5.41, 5.74) is 2.75. The van der Waals surface area contributed by atoms with Crippen LogP contribution in [0.25, 0.3) is 0 Å². The Hall–Kier alpha value is -2.33. The summed E-state index contributed by atoms with van der Waals surface area (Å²) in [5.74, 6) is 0.263. The van der Waals surface area contributed by atoms with Crippen LogP contribution in [0.3, 0.4) is 0 Å². The van der Waals surface area contributed by atoms with Crippen molar-refractivity contribution in [3.05, 3.63) is 45.9 Å². The second kappa shape index (κ2) is 12.4. The van der Waals surface area contributed by atoms with E-state index in [1.807, 2.05) is 33.4 Å². The summed E-state index contributed by atoms with van der Waals surface area (Å²) in [6, 6.07) is 8.12. The number of thiazole rings is 1. The van der Waals surface area contributed by atoms with Gasteiger partial charge in [0, 0.05) is 43.7 Å². The number of methoxy groups -OCH3 is 1. The summed E-state index contributed by atoms with van der Waals surface area (Å²) in [4.78, 5) is 34.0. The van der Waals surface area contributed by atoms with Gasteiger partial charge < -0.3 is 24.0 Å². The minimum absolute atomic E-state index is 0.00844. The molecule has 1 aromatic carbocycles. The molecule has 2 aliphatic heterocycles. The Labute approximate surface area is 204 Å². The lowest BCUT2D eigenvalue weighted by Crippen LogP contribution is -2.40. The molecule has 0 radical (unpaired) electrons. The van der Waals surface area contributed by atoms with Crippen molar-refractivity contribution in [1.29, 1.82) is 0 Å². The zero-order chi connectivity index (χ0) is 23.8. The van der Waals surface area contributed by atoms with E-state index in [9.17, 15) is 9.59 Å². The van der Waals surface area contributed by atoms with Crippen LogP contribution < -0.4 is 4.90 Å². The molecular formula is C25H33N3O5S. The summed E-state index contributed by atoms with van der Waals surface area (Å²) in [5, 5.41) is 2.87. The molecule has 0 aliphatic carbocycles. The third kappa shape index (κ3) is 6.21. The minimum atomic E-state index is -0.0226. The number of likely N-dealkylation sites (tertiary alicyclic amines) is 1. The number of para-hydroxylation sites is 1. The average molecular weight is 488 g/mol. The van der Waals surface area contributed by atoms with Gasteiger partial charge in [-0.15, -0.1) is 11.3 Å². The van der Waals surface area contributed by atoms with Crippen LogP contribution in [0.2, 0.25) is 0 Å². The molecule has 4 rings (SSSR count). The molecule has 1 fully saturated rings. The van der Waals surface area contributed by atoms with E-state index in [1.54, 1.807) is 18.4 Å². The van der Waals surface area contributed by atoms with Crippen LogP contribution in [0.4, 0.5) is 5.69 Å². The van der Waals surface area contributed by atoms with Crippen LogP contribution in [0.1, 0.15) is 46.2 Å². The van der Waals surface area contributed by atoms with Gasteiger partial charge in [-0.05, 0) is 37.3 Å². The van der Waals surface area contributed by atoms with Crippen LogP contribution in [0.5, 0.6) is 0 Å². The number of aryl methyl sites for hydroxylation is 1. The van der Waals surface area contributed by atoms with E-state index in [2.05, 4.69) is 6.07 Å². The number of nitrogens with zero attached hydrogens (tertiary/aromatic N) is 3. The first kappa shape index (κ1) is 24.8. The highest BCUT2D eigenvalue weighted by atomic mass is 32.1. The first-order valence-electron chi connectivity index (χ1n) is 11.9. The Balaban J connectivity index is 1.23. The Morgan fingerprint density at radius 2 is 1.82 bits per heavy atom. The standard InChI is InChI=1S/C25H33N3O5S/c1-31-13-14-32-15-16-33-17-23(29)27-11-8-20(9-12-27)24-26-21(18-34-24)25(30)28-10-4-6-19-5-2-3-7-22(19)28/h2-3,5,7,18,20H,4,6,8-17H2,1H3. The van der Waals surface area contributed by atoms with Gasteiger partial charge in [0.25, 0.3) is 5.91 Å². The summed E-state index contributed by atoms with van der Waals surface area (Å²) in [6.07, 6.45) is 3.67. The van der Waals surface area contributed by atoms with Crippen molar-refractivity contribution >= 4 is 28.8 Å². The zero-order valence-electron chi connectivity index (χ0n) is 19.7. The summed E-state index contributed by atoms with van der Waals surface area (Å²) >= 11 is 1.55. The highest BCUT2D eigenvalue weighted by Gasteiger charge is 2.28. The number of ether oxygens (including phenoxy) is 3. The van der Waals surface area contributed by atoms with Crippen LogP contribution in [0.15, 0.2) is 29.6 Å². The van der Waals surface area contributed by atoms with Crippen LogP contribution in [-0.2, 0) is 25.4 Å². The van der Waals surface area contributed by atoms with E-state index < -0.39 is 0 Å². The van der Waals surface area contributed by atoms with E-state index in [-0.39, 0.29) is 24.3 Å². The molecule has 3 heterocycles. The maximum absolute atomic E-state index is 13.2. The van der Waals surface area contributed by atoms with Gasteiger partial charge in [-0.1, -0.05) is 18.2 Å². The van der Waals surface area contributed by atoms with Crippen molar-refractivity contribution in [1.82, 2.24) is 9.88 Å². The molecule has 0 N–H and O–H groups in total. The number of carbonyl (C=O) groups is 2. The molecule has 8 nitrogen and oxygen atoms in total. The first-order chi connectivity index (χ1) is 16.7. The van der Waals surface area contributed by atoms with Crippen molar-refractivity contribution in [2.75, 3.05) is 64.7 Å². The quantitative estimate of drug-likeness (QED) is 0.479. The fourth-order valence-corrected chi connectivity index (χ4v) is 5.41. The van der Waals surface area contributed by atoms with Crippen molar-refractivity contribution < 1.29 is 23.8 Å². The van der Waals surface area contributed by atoms with Gasteiger partial charge in [0.05, 0.1) is 31.4 Å². The maximum Gasteiger partial charge on any atom is 0.277 e. The molecule has 2 aliphatic rings. The lowest BCUT2D eigenvalue weighted by Gasteiger charge is -2.31. The Kier molecular flexibility index (Phi) is 9.04. The Morgan fingerprint density at radius 1 is 1.06 bits per heavy atom. The second-order valence-electron chi connectivity index (χ2n) is 8.57. The number of rotatable bonds is 10. The SMILES string of the molecule is COCCOCCOCC(=O)N1CCC(c2nc(C(=O)N3CCCc4ccccc43)cs2)CC1. The molecule has 2 amide bonds. The van der Waals surface area contributed by atoms with Crippen LogP contribution in [-0.4, -0.2) is 81.5 Å². The topological polar surface area (TPSA) is 81.2 Å². The van der Waals surface area contributed by atoms with Crippen molar-refractivity contribution in [3.63, 3.8) is 0 Å². The third-order valence-corrected chi connectivity index (χ3v) is 7.33. The molecule has 0 bridgehead atoms. The van der Waals surface area contributed by atoms with Crippen molar-refractivity contribution in [2.24, 2.45) is 0 Å². The largest absolute Gasteiger partial charge is 0.382 e. The number of anilines is 1.